The van der Waals surface area contributed by atoms with Crippen molar-refractivity contribution in [1.82, 2.24) is 0 Å². The molecule has 0 radical (unpaired) electrons. The summed E-state index contributed by atoms with van der Waals surface area (Å²) in [4.78, 5) is 22.7. The van der Waals surface area contributed by atoms with E-state index in [1.165, 1.54) is 257 Å². The summed E-state index contributed by atoms with van der Waals surface area (Å²) in [5, 5.41) is 0. The van der Waals surface area contributed by atoms with Crippen LogP contribution in [-0.4, -0.2) is 49.9 Å². The van der Waals surface area contributed by atoms with Crippen LogP contribution in [0.5, 0.6) is 0 Å². The number of phosphoric acid groups is 1. The van der Waals surface area contributed by atoms with Crippen molar-refractivity contribution >= 4 is 13.8 Å². The van der Waals surface area contributed by atoms with Gasteiger partial charge in [-0.05, 0) is 12.8 Å². The van der Waals surface area contributed by atoms with Crippen molar-refractivity contribution in [1.29, 1.82) is 0 Å². The number of phosphoric ester groups is 1. The topological polar surface area (TPSA) is 117 Å². The van der Waals surface area contributed by atoms with Gasteiger partial charge in [-0.25, -0.2) is 4.57 Å². The van der Waals surface area contributed by atoms with E-state index in [-0.39, 0.29) is 32.3 Å². The number of hydrogen-bond donors (Lipinski definition) is 2. The fraction of sp³-hybridized carbons (Fsp3) is 0.982. The van der Waals surface area contributed by atoms with Gasteiger partial charge in [0.15, 0.2) is 0 Å². The van der Waals surface area contributed by atoms with Crippen molar-refractivity contribution in [2.75, 3.05) is 33.0 Å². The molecule has 0 aromatic rings. The molecular formula is C55H112NO7P. The number of carbonyl (C=O) groups excluding carboxylic acids is 1. The SMILES string of the molecule is CCCCCCCCCCCCCCCCCCCCCCCCCCC(=O)OC(COCCCCCCCCCCCCCCCCCCCCCCC)COP(=O)(O)OCCN. The molecule has 2 atom stereocenters. The molecule has 0 amide bonds. The van der Waals surface area contributed by atoms with Gasteiger partial charge in [-0.3, -0.25) is 13.8 Å². The Morgan fingerprint density at radius 3 is 0.984 bits per heavy atom. The van der Waals surface area contributed by atoms with Crippen molar-refractivity contribution < 1.29 is 32.8 Å². The normalized spacial score (nSPS) is 13.1. The molecule has 0 spiro atoms. The van der Waals surface area contributed by atoms with Crippen LogP contribution in [0.1, 0.15) is 309 Å². The lowest BCUT2D eigenvalue weighted by Crippen LogP contribution is -2.28. The Hall–Kier alpha value is -0.500. The molecule has 0 saturated heterocycles. The second-order valence-electron chi connectivity index (χ2n) is 19.5. The highest BCUT2D eigenvalue weighted by Gasteiger charge is 2.25. The van der Waals surface area contributed by atoms with Gasteiger partial charge in [0.25, 0.3) is 0 Å². The highest BCUT2D eigenvalue weighted by Crippen LogP contribution is 2.43. The smallest absolute Gasteiger partial charge is 0.457 e. The second-order valence-corrected chi connectivity index (χ2v) is 21.0. The Bertz CT molecular complexity index is 955. The highest BCUT2D eigenvalue weighted by atomic mass is 31.2. The summed E-state index contributed by atoms with van der Waals surface area (Å²) in [5.74, 6) is -0.319. The third-order valence-electron chi connectivity index (χ3n) is 13.0. The molecule has 0 aliphatic heterocycles. The van der Waals surface area contributed by atoms with Crippen LogP contribution in [0.15, 0.2) is 0 Å². The highest BCUT2D eigenvalue weighted by molar-refractivity contribution is 7.47. The molecule has 0 saturated carbocycles. The van der Waals surface area contributed by atoms with E-state index in [9.17, 15) is 14.3 Å². The second kappa shape index (κ2) is 53.5. The third kappa shape index (κ3) is 52.5. The van der Waals surface area contributed by atoms with E-state index in [1.54, 1.807) is 0 Å². The predicted molar refractivity (Wildman–Crippen MR) is 275 cm³/mol. The van der Waals surface area contributed by atoms with Gasteiger partial charge >= 0.3 is 13.8 Å². The number of rotatable bonds is 56. The van der Waals surface area contributed by atoms with E-state index in [2.05, 4.69) is 13.8 Å². The molecule has 8 nitrogen and oxygen atoms in total. The van der Waals surface area contributed by atoms with E-state index in [0.29, 0.717) is 13.0 Å². The van der Waals surface area contributed by atoms with Crippen LogP contribution in [0.25, 0.3) is 0 Å². The van der Waals surface area contributed by atoms with E-state index < -0.39 is 13.9 Å². The van der Waals surface area contributed by atoms with Gasteiger partial charge in [0.1, 0.15) is 6.10 Å². The number of ether oxygens (including phenoxy) is 2. The molecule has 0 aliphatic carbocycles. The summed E-state index contributed by atoms with van der Waals surface area (Å²) < 4.78 is 33.7. The molecular weight excluding hydrogens is 818 g/mol. The van der Waals surface area contributed by atoms with Gasteiger partial charge < -0.3 is 20.1 Å². The molecule has 0 aromatic heterocycles. The molecule has 0 fully saturated rings. The maximum absolute atomic E-state index is 12.7. The Kier molecular flexibility index (Phi) is 53.0. The van der Waals surface area contributed by atoms with Crippen LogP contribution in [0.4, 0.5) is 0 Å². The maximum atomic E-state index is 12.7. The summed E-state index contributed by atoms with van der Waals surface area (Å²) >= 11 is 0. The molecule has 64 heavy (non-hydrogen) atoms. The molecule has 0 heterocycles. The lowest BCUT2D eigenvalue weighted by molar-refractivity contribution is -0.154. The molecule has 3 N–H and O–H groups in total. The summed E-state index contributed by atoms with van der Waals surface area (Å²) in [7, 11) is -4.28. The van der Waals surface area contributed by atoms with E-state index in [0.717, 1.165) is 32.1 Å². The first-order valence-corrected chi connectivity index (χ1v) is 30.0. The summed E-state index contributed by atoms with van der Waals surface area (Å²) in [6.45, 7) is 5.02. The predicted octanol–water partition coefficient (Wildman–Crippen LogP) is 18.0. The molecule has 0 bridgehead atoms. The zero-order chi connectivity index (χ0) is 46.5. The zero-order valence-electron chi connectivity index (χ0n) is 43.1. The quantitative estimate of drug-likeness (QED) is 0.0352. The van der Waals surface area contributed by atoms with Crippen molar-refractivity contribution in [2.45, 2.75) is 315 Å². The minimum absolute atomic E-state index is 0.0895. The summed E-state index contributed by atoms with van der Waals surface area (Å²) in [6, 6.07) is 0. The zero-order valence-corrected chi connectivity index (χ0v) is 44.0. The van der Waals surface area contributed by atoms with Crippen LogP contribution in [0.2, 0.25) is 0 Å². The number of carbonyl (C=O) groups is 1. The Labute approximate surface area is 399 Å². The minimum atomic E-state index is -4.28. The van der Waals surface area contributed by atoms with Gasteiger partial charge in [0.2, 0.25) is 0 Å². The van der Waals surface area contributed by atoms with Gasteiger partial charge in [-0.15, -0.1) is 0 Å². The number of hydrogen-bond acceptors (Lipinski definition) is 7. The summed E-state index contributed by atoms with van der Waals surface area (Å²) in [6.07, 6.45) is 60.1. The summed E-state index contributed by atoms with van der Waals surface area (Å²) in [5.41, 5.74) is 5.40. The fourth-order valence-corrected chi connectivity index (χ4v) is 9.59. The lowest BCUT2D eigenvalue weighted by atomic mass is 10.0. The van der Waals surface area contributed by atoms with Gasteiger partial charge in [0.05, 0.1) is 19.8 Å². The number of nitrogens with two attached hydrogens (primary N) is 1. The molecule has 0 rings (SSSR count). The maximum Gasteiger partial charge on any atom is 0.472 e. The van der Waals surface area contributed by atoms with E-state index in [4.69, 9.17) is 24.3 Å². The number of unbranched alkanes of at least 4 members (excludes halogenated alkanes) is 43. The monoisotopic (exact) mass is 930 g/mol. The van der Waals surface area contributed by atoms with Crippen LogP contribution >= 0.6 is 7.82 Å². The average molecular weight is 930 g/mol. The van der Waals surface area contributed by atoms with Crippen LogP contribution in [0, 0.1) is 0 Å². The molecule has 9 heteroatoms. The van der Waals surface area contributed by atoms with Crippen molar-refractivity contribution in [3.05, 3.63) is 0 Å². The largest absolute Gasteiger partial charge is 0.472 e. The third-order valence-corrected chi connectivity index (χ3v) is 14.0. The van der Waals surface area contributed by atoms with Gasteiger partial charge in [-0.1, -0.05) is 290 Å². The standard InChI is InChI=1S/C55H112NO7P/c1-3-5-7-9-11-13-15-17-19-21-23-25-26-27-28-30-32-34-36-38-40-42-44-46-48-55(57)63-54(53-62-64(58,59)61-51-49-56)52-60-50-47-45-43-41-39-37-35-33-31-29-24-22-20-18-16-14-12-10-8-6-4-2/h54H,3-53,56H2,1-2H3,(H,58,59). The van der Waals surface area contributed by atoms with Crippen LogP contribution in [0.3, 0.4) is 0 Å². The van der Waals surface area contributed by atoms with E-state index in [1.807, 2.05) is 0 Å². The first-order valence-electron chi connectivity index (χ1n) is 28.5. The average Bonchev–Trinajstić information content (AvgIpc) is 3.29. The van der Waals surface area contributed by atoms with Crippen molar-refractivity contribution in [3.63, 3.8) is 0 Å². The Balaban J connectivity index is 3.82. The molecule has 0 aliphatic rings. The first kappa shape index (κ1) is 63.5. The van der Waals surface area contributed by atoms with Crippen molar-refractivity contribution in [2.24, 2.45) is 5.73 Å². The number of esters is 1. The molecule has 384 valence electrons. The van der Waals surface area contributed by atoms with Crippen LogP contribution in [-0.2, 0) is 27.9 Å². The minimum Gasteiger partial charge on any atom is -0.457 e. The van der Waals surface area contributed by atoms with Gasteiger partial charge in [-0.2, -0.15) is 0 Å². The van der Waals surface area contributed by atoms with E-state index >= 15 is 0 Å². The van der Waals surface area contributed by atoms with Gasteiger partial charge in [0, 0.05) is 19.6 Å². The molecule has 2 unspecified atom stereocenters. The molecule has 0 aromatic carbocycles. The van der Waals surface area contributed by atoms with Crippen LogP contribution < -0.4 is 5.73 Å². The first-order chi connectivity index (χ1) is 31.4. The Morgan fingerprint density at radius 1 is 0.406 bits per heavy atom. The lowest BCUT2D eigenvalue weighted by Gasteiger charge is -2.20. The fourth-order valence-electron chi connectivity index (χ4n) is 8.83. The Morgan fingerprint density at radius 2 is 0.688 bits per heavy atom. The van der Waals surface area contributed by atoms with Crippen molar-refractivity contribution in [3.8, 4) is 0 Å².